The van der Waals surface area contributed by atoms with Crippen LogP contribution in [0.2, 0.25) is 5.15 Å². The minimum Gasteiger partial charge on any atom is -0.350 e. The lowest BCUT2D eigenvalue weighted by molar-refractivity contribution is -0.115. The standard InChI is InChI=1S/C19H14ClFN4O2/c20-18-14(2-1-6-22-18)24-15(26)8-10-5-7-23-19(27)17-16(10)12-9-11(21)3-4-13(12)25-17/h1-6,9,25H,7-8H2,(H,23,27)(H,24,26). The fraction of sp³-hybridized carbons (Fsp3) is 0.105. The van der Waals surface area contributed by atoms with E-state index in [1.165, 1.54) is 18.3 Å². The largest absolute Gasteiger partial charge is 0.350 e. The number of H-pyrrole nitrogens is 1. The van der Waals surface area contributed by atoms with Crippen molar-refractivity contribution in [1.82, 2.24) is 15.3 Å². The van der Waals surface area contributed by atoms with Gasteiger partial charge in [-0.05, 0) is 35.9 Å². The Balaban J connectivity index is 1.70. The molecule has 3 N–H and O–H groups in total. The Hall–Kier alpha value is -3.19. The molecule has 3 heterocycles. The Morgan fingerprint density at radius 1 is 1.33 bits per heavy atom. The van der Waals surface area contributed by atoms with E-state index in [1.807, 2.05) is 0 Å². The second kappa shape index (κ2) is 6.85. The summed E-state index contributed by atoms with van der Waals surface area (Å²) < 4.78 is 13.8. The van der Waals surface area contributed by atoms with Gasteiger partial charge in [0.15, 0.2) is 5.15 Å². The number of fused-ring (bicyclic) bond motifs is 3. The summed E-state index contributed by atoms with van der Waals surface area (Å²) in [5.74, 6) is -1.04. The summed E-state index contributed by atoms with van der Waals surface area (Å²) >= 11 is 5.97. The van der Waals surface area contributed by atoms with Gasteiger partial charge < -0.3 is 15.6 Å². The molecule has 27 heavy (non-hydrogen) atoms. The van der Waals surface area contributed by atoms with Gasteiger partial charge in [-0.3, -0.25) is 9.59 Å². The molecule has 2 aromatic heterocycles. The molecule has 3 aromatic rings. The van der Waals surface area contributed by atoms with Crippen molar-refractivity contribution in [2.75, 3.05) is 11.9 Å². The van der Waals surface area contributed by atoms with Crippen LogP contribution in [-0.4, -0.2) is 28.3 Å². The summed E-state index contributed by atoms with van der Waals surface area (Å²) in [7, 11) is 0. The number of benzene rings is 1. The van der Waals surface area contributed by atoms with E-state index in [0.717, 1.165) is 0 Å². The molecule has 6 nitrogen and oxygen atoms in total. The molecule has 0 unspecified atom stereocenters. The highest BCUT2D eigenvalue weighted by atomic mass is 35.5. The lowest BCUT2D eigenvalue weighted by Gasteiger charge is -2.09. The molecule has 0 spiro atoms. The van der Waals surface area contributed by atoms with Gasteiger partial charge in [-0.15, -0.1) is 0 Å². The summed E-state index contributed by atoms with van der Waals surface area (Å²) in [4.78, 5) is 31.8. The smallest absolute Gasteiger partial charge is 0.268 e. The molecule has 4 rings (SSSR count). The molecule has 0 saturated heterocycles. The number of carbonyl (C=O) groups is 2. The first kappa shape index (κ1) is 17.2. The number of amides is 2. The first-order chi connectivity index (χ1) is 13.0. The maximum atomic E-state index is 13.8. The average Bonchev–Trinajstić information content (AvgIpc) is 2.94. The van der Waals surface area contributed by atoms with Gasteiger partial charge in [0.25, 0.3) is 5.91 Å². The molecular weight excluding hydrogens is 371 g/mol. The van der Waals surface area contributed by atoms with E-state index >= 15 is 0 Å². The summed E-state index contributed by atoms with van der Waals surface area (Å²) in [6, 6.07) is 7.55. The molecule has 0 aliphatic carbocycles. The lowest BCUT2D eigenvalue weighted by Crippen LogP contribution is -2.22. The van der Waals surface area contributed by atoms with Gasteiger partial charge in [-0.2, -0.15) is 0 Å². The number of rotatable bonds is 3. The molecule has 0 radical (unpaired) electrons. The second-order valence-corrected chi connectivity index (χ2v) is 6.43. The molecule has 136 valence electrons. The minimum atomic E-state index is -0.417. The van der Waals surface area contributed by atoms with Gasteiger partial charge in [-0.25, -0.2) is 9.37 Å². The zero-order chi connectivity index (χ0) is 19.0. The van der Waals surface area contributed by atoms with Crippen molar-refractivity contribution in [3.63, 3.8) is 0 Å². The third-order valence-electron chi connectivity index (χ3n) is 4.30. The van der Waals surface area contributed by atoms with Gasteiger partial charge in [0.2, 0.25) is 5.91 Å². The average molecular weight is 385 g/mol. The summed E-state index contributed by atoms with van der Waals surface area (Å²) in [5, 5.41) is 6.19. The topological polar surface area (TPSA) is 86.9 Å². The van der Waals surface area contributed by atoms with Crippen LogP contribution in [0.1, 0.15) is 22.5 Å². The van der Waals surface area contributed by atoms with E-state index in [-0.39, 0.29) is 29.9 Å². The van der Waals surface area contributed by atoms with Crippen LogP contribution in [0.25, 0.3) is 16.5 Å². The number of aromatic nitrogens is 2. The van der Waals surface area contributed by atoms with Crippen LogP contribution in [-0.2, 0) is 4.79 Å². The molecular formula is C19H14ClFN4O2. The third-order valence-corrected chi connectivity index (χ3v) is 4.61. The Bertz CT molecular complexity index is 1110. The van der Waals surface area contributed by atoms with Crippen LogP contribution in [0, 0.1) is 5.82 Å². The Kier molecular flexibility index (Phi) is 4.37. The van der Waals surface area contributed by atoms with E-state index in [9.17, 15) is 14.0 Å². The SMILES string of the molecule is O=C(CC1=CCNC(=O)c2[nH]c3ccc(F)cc3c21)Nc1cccnc1Cl. The third kappa shape index (κ3) is 3.29. The highest BCUT2D eigenvalue weighted by Gasteiger charge is 2.24. The number of nitrogens with zero attached hydrogens (tertiary/aromatic N) is 1. The van der Waals surface area contributed by atoms with Crippen molar-refractivity contribution in [2.45, 2.75) is 6.42 Å². The number of carbonyl (C=O) groups excluding carboxylic acids is 2. The number of hydrogen-bond donors (Lipinski definition) is 3. The lowest BCUT2D eigenvalue weighted by atomic mass is 9.98. The van der Waals surface area contributed by atoms with E-state index < -0.39 is 5.82 Å². The van der Waals surface area contributed by atoms with Crippen molar-refractivity contribution in [3.8, 4) is 0 Å². The first-order valence-electron chi connectivity index (χ1n) is 8.22. The van der Waals surface area contributed by atoms with Crippen molar-refractivity contribution >= 4 is 45.6 Å². The fourth-order valence-electron chi connectivity index (χ4n) is 3.13. The number of aromatic amines is 1. The Morgan fingerprint density at radius 3 is 3.00 bits per heavy atom. The van der Waals surface area contributed by atoms with Crippen molar-refractivity contribution < 1.29 is 14.0 Å². The van der Waals surface area contributed by atoms with Crippen LogP contribution in [0.4, 0.5) is 10.1 Å². The summed E-state index contributed by atoms with van der Waals surface area (Å²) in [5.41, 5.74) is 2.49. The normalized spacial score (nSPS) is 13.6. The quantitative estimate of drug-likeness (QED) is 0.604. The predicted molar refractivity (Wildman–Crippen MR) is 101 cm³/mol. The molecule has 2 amide bonds. The number of anilines is 1. The van der Waals surface area contributed by atoms with E-state index in [1.54, 1.807) is 24.3 Å². The highest BCUT2D eigenvalue weighted by molar-refractivity contribution is 6.32. The number of pyridine rings is 1. The van der Waals surface area contributed by atoms with E-state index in [2.05, 4.69) is 20.6 Å². The fourth-order valence-corrected chi connectivity index (χ4v) is 3.30. The zero-order valence-electron chi connectivity index (χ0n) is 14.0. The first-order valence-corrected chi connectivity index (χ1v) is 8.60. The molecule has 0 bridgehead atoms. The van der Waals surface area contributed by atoms with Crippen molar-refractivity contribution in [3.05, 3.63) is 64.8 Å². The Labute approximate surface area is 158 Å². The molecule has 0 saturated carbocycles. The number of halogens is 2. The predicted octanol–water partition coefficient (Wildman–Crippen LogP) is 3.51. The molecule has 1 aliphatic heterocycles. The van der Waals surface area contributed by atoms with Gasteiger partial charge >= 0.3 is 0 Å². The molecule has 8 heteroatoms. The van der Waals surface area contributed by atoms with Gasteiger partial charge in [0.1, 0.15) is 11.5 Å². The maximum absolute atomic E-state index is 13.8. The molecule has 1 aliphatic rings. The van der Waals surface area contributed by atoms with Crippen LogP contribution in [0.5, 0.6) is 0 Å². The van der Waals surface area contributed by atoms with Gasteiger partial charge in [0.05, 0.1) is 12.1 Å². The Morgan fingerprint density at radius 2 is 2.19 bits per heavy atom. The van der Waals surface area contributed by atoms with Gasteiger partial charge in [-0.1, -0.05) is 17.7 Å². The zero-order valence-corrected chi connectivity index (χ0v) is 14.7. The molecule has 0 fully saturated rings. The van der Waals surface area contributed by atoms with E-state index in [0.29, 0.717) is 33.4 Å². The summed E-state index contributed by atoms with van der Waals surface area (Å²) in [6.07, 6.45) is 3.28. The van der Waals surface area contributed by atoms with Crippen molar-refractivity contribution in [2.24, 2.45) is 0 Å². The molecule has 1 aromatic carbocycles. The highest BCUT2D eigenvalue weighted by Crippen LogP contribution is 2.33. The second-order valence-electron chi connectivity index (χ2n) is 6.07. The minimum absolute atomic E-state index is 0.00332. The van der Waals surface area contributed by atoms with Crippen LogP contribution in [0.3, 0.4) is 0 Å². The van der Waals surface area contributed by atoms with Crippen LogP contribution >= 0.6 is 11.6 Å². The maximum Gasteiger partial charge on any atom is 0.268 e. The van der Waals surface area contributed by atoms with Crippen molar-refractivity contribution in [1.29, 1.82) is 0 Å². The van der Waals surface area contributed by atoms with E-state index in [4.69, 9.17) is 11.6 Å². The number of hydrogen-bond acceptors (Lipinski definition) is 3. The summed E-state index contributed by atoms with van der Waals surface area (Å²) in [6.45, 7) is 0.272. The number of nitrogens with one attached hydrogen (secondary N) is 3. The molecule has 0 atom stereocenters. The van der Waals surface area contributed by atoms with Gasteiger partial charge in [0, 0.05) is 29.2 Å². The monoisotopic (exact) mass is 384 g/mol. The van der Waals surface area contributed by atoms with Crippen LogP contribution < -0.4 is 10.6 Å². The van der Waals surface area contributed by atoms with Crippen LogP contribution in [0.15, 0.2) is 42.6 Å².